The summed E-state index contributed by atoms with van der Waals surface area (Å²) in [6.45, 7) is 1.67. The van der Waals surface area contributed by atoms with Crippen LogP contribution in [0.15, 0.2) is 22.7 Å². The summed E-state index contributed by atoms with van der Waals surface area (Å²) in [7, 11) is 0. The van der Waals surface area contributed by atoms with Crippen molar-refractivity contribution >= 4 is 28.1 Å². The average molecular weight is 312 g/mol. The van der Waals surface area contributed by atoms with E-state index in [0.717, 1.165) is 17.3 Å². The van der Waals surface area contributed by atoms with Crippen LogP contribution in [-0.2, 0) is 4.79 Å². The summed E-state index contributed by atoms with van der Waals surface area (Å²) in [4.78, 5) is 22.6. The van der Waals surface area contributed by atoms with Crippen LogP contribution in [0.1, 0.15) is 30.1 Å². The predicted octanol–water partition coefficient (Wildman–Crippen LogP) is 2.31. The fraction of sp³-hybridized carbons (Fsp3) is 0.385. The van der Waals surface area contributed by atoms with Gasteiger partial charge in [-0.25, -0.2) is 0 Å². The number of benzene rings is 1. The molecule has 0 heterocycles. The molecule has 0 saturated heterocycles. The maximum atomic E-state index is 11.7. The Morgan fingerprint density at radius 1 is 1.56 bits per heavy atom. The number of halogens is 1. The second kappa shape index (κ2) is 5.52. The molecular weight excluding hydrogens is 298 g/mol. The van der Waals surface area contributed by atoms with E-state index in [9.17, 15) is 9.59 Å². The van der Waals surface area contributed by atoms with Gasteiger partial charge in [-0.3, -0.25) is 9.59 Å². The van der Waals surface area contributed by atoms with Crippen molar-refractivity contribution in [1.29, 1.82) is 0 Å². The number of aldehydes is 1. The lowest BCUT2D eigenvalue weighted by Gasteiger charge is -2.15. The van der Waals surface area contributed by atoms with Gasteiger partial charge >= 0.3 is 0 Å². The van der Waals surface area contributed by atoms with E-state index in [0.29, 0.717) is 23.6 Å². The van der Waals surface area contributed by atoms with Crippen LogP contribution in [0, 0.1) is 0 Å². The molecule has 1 amide bonds. The van der Waals surface area contributed by atoms with E-state index in [4.69, 9.17) is 4.74 Å². The summed E-state index contributed by atoms with van der Waals surface area (Å²) in [5, 5.41) is 2.86. The van der Waals surface area contributed by atoms with Crippen LogP contribution in [0.3, 0.4) is 0 Å². The van der Waals surface area contributed by atoms with Crippen molar-refractivity contribution in [3.63, 3.8) is 0 Å². The number of carbonyl (C=O) groups excluding carboxylic acids is 2. The molecule has 0 aliphatic heterocycles. The van der Waals surface area contributed by atoms with Crippen LogP contribution < -0.4 is 10.1 Å². The Morgan fingerprint density at radius 2 is 2.28 bits per heavy atom. The minimum absolute atomic E-state index is 0.141. The number of nitrogens with one attached hydrogen (secondary N) is 1. The molecule has 0 spiro atoms. The summed E-state index contributed by atoms with van der Waals surface area (Å²) in [5.74, 6) is 0.281. The summed E-state index contributed by atoms with van der Waals surface area (Å²) in [5.41, 5.74) is 0.426. The highest BCUT2D eigenvalue weighted by Gasteiger charge is 2.26. The van der Waals surface area contributed by atoms with Gasteiger partial charge < -0.3 is 10.1 Å². The van der Waals surface area contributed by atoms with Crippen molar-refractivity contribution in [3.8, 4) is 5.75 Å². The van der Waals surface area contributed by atoms with Gasteiger partial charge in [0.15, 0.2) is 12.4 Å². The lowest BCUT2D eigenvalue weighted by molar-refractivity contribution is -0.127. The normalized spacial score (nSPS) is 15.9. The van der Waals surface area contributed by atoms with Crippen molar-refractivity contribution in [3.05, 3.63) is 28.2 Å². The van der Waals surface area contributed by atoms with E-state index in [1.54, 1.807) is 25.1 Å². The van der Waals surface area contributed by atoms with Gasteiger partial charge in [0.2, 0.25) is 0 Å². The first-order valence-corrected chi connectivity index (χ1v) is 6.61. The van der Waals surface area contributed by atoms with E-state index < -0.39 is 6.10 Å². The molecule has 1 aromatic carbocycles. The maximum Gasteiger partial charge on any atom is 0.260 e. The van der Waals surface area contributed by atoms with Crippen LogP contribution in [0.5, 0.6) is 5.75 Å². The highest BCUT2D eigenvalue weighted by Crippen LogP contribution is 2.23. The molecule has 4 nitrogen and oxygen atoms in total. The fourth-order valence-corrected chi connectivity index (χ4v) is 1.89. The Labute approximate surface area is 114 Å². The Kier molecular flexibility index (Phi) is 4.01. The quantitative estimate of drug-likeness (QED) is 0.849. The molecule has 1 aliphatic carbocycles. The molecule has 0 aromatic heterocycles. The first-order valence-electron chi connectivity index (χ1n) is 5.82. The molecule has 1 aliphatic rings. The van der Waals surface area contributed by atoms with Crippen LogP contribution in [0.25, 0.3) is 0 Å². The highest BCUT2D eigenvalue weighted by molar-refractivity contribution is 9.10. The van der Waals surface area contributed by atoms with Crippen molar-refractivity contribution < 1.29 is 14.3 Å². The number of amides is 1. The van der Waals surface area contributed by atoms with Gasteiger partial charge in [-0.1, -0.05) is 15.9 Å². The third kappa shape index (κ3) is 3.32. The van der Waals surface area contributed by atoms with Gasteiger partial charge in [0.25, 0.3) is 5.91 Å². The Bertz CT molecular complexity index is 471. The maximum absolute atomic E-state index is 11.7. The minimum atomic E-state index is -0.606. The lowest BCUT2D eigenvalue weighted by atomic mass is 10.2. The van der Waals surface area contributed by atoms with Crippen molar-refractivity contribution in [2.24, 2.45) is 0 Å². The molecule has 0 bridgehead atoms. The monoisotopic (exact) mass is 311 g/mol. The van der Waals surface area contributed by atoms with Crippen LogP contribution >= 0.6 is 15.9 Å². The smallest absolute Gasteiger partial charge is 0.260 e. The van der Waals surface area contributed by atoms with E-state index in [-0.39, 0.29) is 5.91 Å². The molecular formula is C13H14BrNO3. The fourth-order valence-electron chi connectivity index (χ4n) is 1.51. The standard InChI is InChI=1S/C13H14BrNO3/c1-8(13(17)15-11-3-4-11)18-12-5-2-10(14)6-9(12)7-16/h2,5-8,11H,3-4H2,1H3,(H,15,17). The van der Waals surface area contributed by atoms with Crippen molar-refractivity contribution in [2.75, 3.05) is 0 Å². The van der Waals surface area contributed by atoms with Gasteiger partial charge in [0, 0.05) is 10.5 Å². The van der Waals surface area contributed by atoms with Gasteiger partial charge in [-0.15, -0.1) is 0 Å². The second-order valence-electron chi connectivity index (χ2n) is 4.34. The summed E-state index contributed by atoms with van der Waals surface area (Å²) in [6.07, 6.45) is 2.18. The van der Waals surface area contributed by atoms with Crippen molar-refractivity contribution in [2.45, 2.75) is 31.9 Å². The Balaban J connectivity index is 2.03. The molecule has 1 atom stereocenters. The zero-order valence-electron chi connectivity index (χ0n) is 9.98. The Hall–Kier alpha value is -1.36. The van der Waals surface area contributed by atoms with E-state index in [2.05, 4.69) is 21.2 Å². The summed E-state index contributed by atoms with van der Waals surface area (Å²) < 4.78 is 6.32. The Morgan fingerprint density at radius 3 is 2.89 bits per heavy atom. The molecule has 96 valence electrons. The number of ether oxygens (including phenoxy) is 1. The summed E-state index contributed by atoms with van der Waals surface area (Å²) >= 11 is 3.28. The third-order valence-corrected chi connectivity index (χ3v) is 3.19. The SMILES string of the molecule is CC(Oc1ccc(Br)cc1C=O)C(=O)NC1CC1. The van der Waals surface area contributed by atoms with Crippen LogP contribution in [-0.4, -0.2) is 24.3 Å². The largest absolute Gasteiger partial charge is 0.480 e. The minimum Gasteiger partial charge on any atom is -0.480 e. The molecule has 1 unspecified atom stereocenters. The molecule has 1 saturated carbocycles. The van der Waals surface area contributed by atoms with Gasteiger partial charge in [0.1, 0.15) is 5.75 Å². The topological polar surface area (TPSA) is 55.4 Å². The second-order valence-corrected chi connectivity index (χ2v) is 5.26. The van der Waals surface area contributed by atoms with E-state index >= 15 is 0 Å². The first-order chi connectivity index (χ1) is 8.60. The molecule has 5 heteroatoms. The molecule has 1 N–H and O–H groups in total. The molecule has 2 rings (SSSR count). The lowest BCUT2D eigenvalue weighted by Crippen LogP contribution is -2.37. The summed E-state index contributed by atoms with van der Waals surface area (Å²) in [6, 6.07) is 5.41. The molecule has 18 heavy (non-hydrogen) atoms. The zero-order valence-corrected chi connectivity index (χ0v) is 11.6. The van der Waals surface area contributed by atoms with Gasteiger partial charge in [0.05, 0.1) is 5.56 Å². The van der Waals surface area contributed by atoms with Crippen molar-refractivity contribution in [1.82, 2.24) is 5.32 Å². The van der Waals surface area contributed by atoms with E-state index in [1.165, 1.54) is 0 Å². The molecule has 1 fully saturated rings. The van der Waals surface area contributed by atoms with Gasteiger partial charge in [-0.2, -0.15) is 0 Å². The third-order valence-electron chi connectivity index (χ3n) is 2.70. The zero-order chi connectivity index (χ0) is 13.1. The van der Waals surface area contributed by atoms with E-state index in [1.807, 2.05) is 0 Å². The average Bonchev–Trinajstić information content (AvgIpc) is 3.15. The predicted molar refractivity (Wildman–Crippen MR) is 70.8 cm³/mol. The number of hydrogen-bond donors (Lipinski definition) is 1. The molecule has 0 radical (unpaired) electrons. The number of carbonyl (C=O) groups is 2. The van der Waals surface area contributed by atoms with Gasteiger partial charge in [-0.05, 0) is 38.0 Å². The number of rotatable bonds is 5. The molecule has 1 aromatic rings. The number of hydrogen-bond acceptors (Lipinski definition) is 3. The first kappa shape index (κ1) is 13.1. The highest BCUT2D eigenvalue weighted by atomic mass is 79.9. The van der Waals surface area contributed by atoms with Crippen LogP contribution in [0.4, 0.5) is 0 Å². The van der Waals surface area contributed by atoms with Crippen LogP contribution in [0.2, 0.25) is 0 Å².